The highest BCUT2D eigenvalue weighted by atomic mass is 15.2. The molecule has 0 fully saturated rings. The maximum absolute atomic E-state index is 5.71. The van der Waals surface area contributed by atoms with E-state index < -0.39 is 0 Å². The molecule has 2 aromatic rings. The van der Waals surface area contributed by atoms with Crippen molar-refractivity contribution in [2.24, 2.45) is 5.84 Å². The molecule has 4 nitrogen and oxygen atoms in total. The summed E-state index contributed by atoms with van der Waals surface area (Å²) < 4.78 is 0. The standard InChI is InChI=1S/C16H22N4/c1-4-13-6-7-14(18-10-13)9-16(20-17)15-8-5-11(2)19-12(15)3/h5-8,10,16,20H,4,9,17H2,1-3H3. The van der Waals surface area contributed by atoms with Crippen LogP contribution in [0.2, 0.25) is 0 Å². The quantitative estimate of drug-likeness (QED) is 0.647. The van der Waals surface area contributed by atoms with Gasteiger partial charge in [-0.2, -0.15) is 0 Å². The number of hydrazine groups is 1. The first-order valence-corrected chi connectivity index (χ1v) is 6.98. The van der Waals surface area contributed by atoms with Gasteiger partial charge >= 0.3 is 0 Å². The Morgan fingerprint density at radius 2 is 2.00 bits per heavy atom. The third-order valence-electron chi connectivity index (χ3n) is 3.55. The Morgan fingerprint density at radius 3 is 2.55 bits per heavy atom. The molecule has 1 atom stereocenters. The number of pyridine rings is 2. The van der Waals surface area contributed by atoms with Gasteiger partial charge in [0.1, 0.15) is 0 Å². The molecule has 0 aromatic carbocycles. The summed E-state index contributed by atoms with van der Waals surface area (Å²) in [5, 5.41) is 0. The minimum absolute atomic E-state index is 0.0306. The fourth-order valence-electron chi connectivity index (χ4n) is 2.32. The van der Waals surface area contributed by atoms with Crippen LogP contribution in [0.1, 0.15) is 41.2 Å². The molecule has 2 aromatic heterocycles. The Bertz CT molecular complexity index is 563. The Morgan fingerprint density at radius 1 is 1.20 bits per heavy atom. The molecule has 20 heavy (non-hydrogen) atoms. The molecule has 0 saturated heterocycles. The van der Waals surface area contributed by atoms with Gasteiger partial charge in [0, 0.05) is 29.7 Å². The number of aryl methyl sites for hydroxylation is 3. The predicted molar refractivity (Wildman–Crippen MR) is 81.1 cm³/mol. The number of hydrogen-bond donors (Lipinski definition) is 2. The normalized spacial score (nSPS) is 12.4. The van der Waals surface area contributed by atoms with Gasteiger partial charge in [-0.05, 0) is 43.5 Å². The van der Waals surface area contributed by atoms with E-state index in [-0.39, 0.29) is 6.04 Å². The number of rotatable bonds is 5. The summed E-state index contributed by atoms with van der Waals surface area (Å²) in [5.74, 6) is 5.71. The van der Waals surface area contributed by atoms with Gasteiger partial charge in [0.15, 0.2) is 0 Å². The average Bonchev–Trinajstić information content (AvgIpc) is 2.46. The summed E-state index contributed by atoms with van der Waals surface area (Å²) in [4.78, 5) is 8.99. The molecular formula is C16H22N4. The zero-order valence-electron chi connectivity index (χ0n) is 12.4. The van der Waals surface area contributed by atoms with Crippen molar-refractivity contribution >= 4 is 0 Å². The van der Waals surface area contributed by atoms with Crippen molar-refractivity contribution in [1.82, 2.24) is 15.4 Å². The topological polar surface area (TPSA) is 63.8 Å². The van der Waals surface area contributed by atoms with Crippen LogP contribution in [0.25, 0.3) is 0 Å². The van der Waals surface area contributed by atoms with E-state index in [2.05, 4.69) is 40.5 Å². The molecule has 4 heteroatoms. The van der Waals surface area contributed by atoms with Gasteiger partial charge in [-0.1, -0.05) is 19.1 Å². The van der Waals surface area contributed by atoms with Gasteiger partial charge in [0.05, 0.1) is 6.04 Å². The smallest absolute Gasteiger partial charge is 0.0533 e. The second kappa shape index (κ2) is 6.59. The number of nitrogens with one attached hydrogen (secondary N) is 1. The SMILES string of the molecule is CCc1ccc(CC(NN)c2ccc(C)nc2C)nc1. The van der Waals surface area contributed by atoms with Crippen molar-refractivity contribution in [3.63, 3.8) is 0 Å². The Labute approximate surface area is 120 Å². The zero-order chi connectivity index (χ0) is 14.5. The van der Waals surface area contributed by atoms with E-state index in [1.807, 2.05) is 26.1 Å². The molecule has 0 aliphatic heterocycles. The highest BCUT2D eigenvalue weighted by Gasteiger charge is 2.14. The third kappa shape index (κ3) is 3.40. The summed E-state index contributed by atoms with van der Waals surface area (Å²) in [5.41, 5.74) is 8.31. The van der Waals surface area contributed by atoms with Gasteiger partial charge in [0.25, 0.3) is 0 Å². The second-order valence-electron chi connectivity index (χ2n) is 5.06. The molecule has 2 rings (SSSR count). The fourth-order valence-corrected chi connectivity index (χ4v) is 2.32. The molecule has 0 aliphatic carbocycles. The molecule has 0 radical (unpaired) electrons. The van der Waals surface area contributed by atoms with Crippen LogP contribution in [0, 0.1) is 13.8 Å². The van der Waals surface area contributed by atoms with Gasteiger partial charge in [-0.15, -0.1) is 0 Å². The molecule has 1 unspecified atom stereocenters. The first-order valence-electron chi connectivity index (χ1n) is 6.98. The Kier molecular flexibility index (Phi) is 4.82. The molecule has 106 valence electrons. The first kappa shape index (κ1) is 14.6. The molecular weight excluding hydrogens is 248 g/mol. The average molecular weight is 270 g/mol. The Hall–Kier alpha value is -1.78. The van der Waals surface area contributed by atoms with Crippen molar-refractivity contribution in [3.8, 4) is 0 Å². The van der Waals surface area contributed by atoms with Crippen LogP contribution in [0.5, 0.6) is 0 Å². The van der Waals surface area contributed by atoms with Crippen molar-refractivity contribution < 1.29 is 0 Å². The third-order valence-corrected chi connectivity index (χ3v) is 3.55. The lowest BCUT2D eigenvalue weighted by Gasteiger charge is -2.18. The lowest BCUT2D eigenvalue weighted by Crippen LogP contribution is -2.30. The summed E-state index contributed by atoms with van der Waals surface area (Å²) in [7, 11) is 0. The van der Waals surface area contributed by atoms with Crippen molar-refractivity contribution in [2.45, 2.75) is 39.7 Å². The van der Waals surface area contributed by atoms with Crippen molar-refractivity contribution in [3.05, 3.63) is 58.7 Å². The first-order chi connectivity index (χ1) is 9.63. The number of hydrogen-bond acceptors (Lipinski definition) is 4. The zero-order valence-corrected chi connectivity index (χ0v) is 12.4. The fraction of sp³-hybridized carbons (Fsp3) is 0.375. The van der Waals surface area contributed by atoms with Crippen molar-refractivity contribution in [1.29, 1.82) is 0 Å². The maximum Gasteiger partial charge on any atom is 0.0533 e. The molecule has 0 spiro atoms. The minimum Gasteiger partial charge on any atom is -0.271 e. The van der Waals surface area contributed by atoms with E-state index in [1.165, 1.54) is 5.56 Å². The van der Waals surface area contributed by atoms with Crippen LogP contribution in [-0.2, 0) is 12.8 Å². The van der Waals surface area contributed by atoms with Crippen LogP contribution in [0.3, 0.4) is 0 Å². The van der Waals surface area contributed by atoms with Crippen LogP contribution in [0.15, 0.2) is 30.5 Å². The Balaban J connectivity index is 2.19. The molecule has 0 aliphatic rings. The highest BCUT2D eigenvalue weighted by molar-refractivity contribution is 5.27. The molecule has 0 saturated carbocycles. The van der Waals surface area contributed by atoms with Gasteiger partial charge in [0.2, 0.25) is 0 Å². The lowest BCUT2D eigenvalue weighted by atomic mass is 10.0. The molecule has 2 heterocycles. The van der Waals surface area contributed by atoms with E-state index in [4.69, 9.17) is 5.84 Å². The maximum atomic E-state index is 5.71. The summed E-state index contributed by atoms with van der Waals surface area (Å²) in [6.07, 6.45) is 3.70. The molecule has 0 bridgehead atoms. The number of nitrogens with two attached hydrogens (primary N) is 1. The van der Waals surface area contributed by atoms with E-state index in [0.29, 0.717) is 0 Å². The number of nitrogens with zero attached hydrogens (tertiary/aromatic N) is 2. The van der Waals surface area contributed by atoms with Gasteiger partial charge in [-0.3, -0.25) is 21.2 Å². The monoisotopic (exact) mass is 270 g/mol. The molecule has 3 N–H and O–H groups in total. The summed E-state index contributed by atoms with van der Waals surface area (Å²) in [6.45, 7) is 6.13. The van der Waals surface area contributed by atoms with Crippen molar-refractivity contribution in [2.75, 3.05) is 0 Å². The van der Waals surface area contributed by atoms with E-state index in [1.54, 1.807) is 0 Å². The van der Waals surface area contributed by atoms with E-state index in [0.717, 1.165) is 35.5 Å². The van der Waals surface area contributed by atoms with Crippen LogP contribution >= 0.6 is 0 Å². The second-order valence-corrected chi connectivity index (χ2v) is 5.06. The predicted octanol–water partition coefficient (Wildman–Crippen LogP) is 2.40. The van der Waals surface area contributed by atoms with E-state index in [9.17, 15) is 0 Å². The van der Waals surface area contributed by atoms with Crippen LogP contribution < -0.4 is 11.3 Å². The van der Waals surface area contributed by atoms with E-state index >= 15 is 0 Å². The summed E-state index contributed by atoms with van der Waals surface area (Å²) >= 11 is 0. The van der Waals surface area contributed by atoms with Crippen LogP contribution in [0.4, 0.5) is 0 Å². The van der Waals surface area contributed by atoms with Gasteiger partial charge in [-0.25, -0.2) is 0 Å². The summed E-state index contributed by atoms with van der Waals surface area (Å²) in [6, 6.07) is 8.32. The minimum atomic E-state index is 0.0306. The molecule has 0 amide bonds. The highest BCUT2D eigenvalue weighted by Crippen LogP contribution is 2.20. The lowest BCUT2D eigenvalue weighted by molar-refractivity contribution is 0.541. The largest absolute Gasteiger partial charge is 0.271 e. The van der Waals surface area contributed by atoms with Gasteiger partial charge < -0.3 is 0 Å². The van der Waals surface area contributed by atoms with Crippen LogP contribution in [-0.4, -0.2) is 9.97 Å². The number of aromatic nitrogens is 2.